The summed E-state index contributed by atoms with van der Waals surface area (Å²) in [6.07, 6.45) is 3.05. The third kappa shape index (κ3) is 4.57. The van der Waals surface area contributed by atoms with E-state index in [-0.39, 0.29) is 22.5 Å². The molecule has 1 saturated heterocycles. The zero-order valence-corrected chi connectivity index (χ0v) is 17.0. The first-order valence-corrected chi connectivity index (χ1v) is 9.87. The maximum atomic E-state index is 13.1. The maximum Gasteiger partial charge on any atom is 0.257 e. The number of hydrogen-bond acceptors (Lipinski definition) is 2. The van der Waals surface area contributed by atoms with Gasteiger partial charge in [-0.05, 0) is 62.6 Å². The Morgan fingerprint density at radius 3 is 2.41 bits per heavy atom. The van der Waals surface area contributed by atoms with Gasteiger partial charge in [0.1, 0.15) is 0 Å². The van der Waals surface area contributed by atoms with Crippen LogP contribution in [0.4, 0.5) is 5.69 Å². The number of likely N-dealkylation sites (tertiary alicyclic amines) is 1. The van der Waals surface area contributed by atoms with E-state index in [1.165, 1.54) is 6.07 Å². The Morgan fingerprint density at radius 1 is 1.00 bits per heavy atom. The summed E-state index contributed by atoms with van der Waals surface area (Å²) in [7, 11) is 0. The van der Waals surface area contributed by atoms with Crippen LogP contribution in [0.2, 0.25) is 15.1 Å². The van der Waals surface area contributed by atoms with Gasteiger partial charge in [-0.1, -0.05) is 34.8 Å². The predicted octanol–water partition coefficient (Wildman–Crippen LogP) is 5.91. The van der Waals surface area contributed by atoms with Crippen molar-refractivity contribution in [3.05, 3.63) is 62.6 Å². The summed E-state index contributed by atoms with van der Waals surface area (Å²) in [6, 6.07) is 9.64. The van der Waals surface area contributed by atoms with Crippen LogP contribution in [-0.4, -0.2) is 29.3 Å². The molecule has 0 saturated carbocycles. The molecule has 4 nitrogen and oxygen atoms in total. The molecule has 1 atom stereocenters. The van der Waals surface area contributed by atoms with Crippen molar-refractivity contribution in [2.75, 3.05) is 11.9 Å². The molecule has 1 N–H and O–H groups in total. The third-order valence-corrected chi connectivity index (χ3v) is 5.48. The molecule has 0 aromatic heterocycles. The molecular formula is C20H19Cl3N2O2. The van der Waals surface area contributed by atoms with Crippen LogP contribution >= 0.6 is 34.8 Å². The number of halogens is 3. The number of carbonyl (C=O) groups excluding carboxylic acids is 2. The van der Waals surface area contributed by atoms with Crippen LogP contribution in [0.3, 0.4) is 0 Å². The van der Waals surface area contributed by atoms with Gasteiger partial charge in [-0.2, -0.15) is 0 Å². The van der Waals surface area contributed by atoms with Crippen LogP contribution in [0, 0.1) is 0 Å². The SMILES string of the molecule is CC1CCCCN1C(=O)c1cc(Cl)ccc1NC(=O)c1ccc(Cl)cc1Cl. The number of carbonyl (C=O) groups is 2. The summed E-state index contributed by atoms with van der Waals surface area (Å²) in [5.41, 5.74) is 1.05. The van der Waals surface area contributed by atoms with E-state index < -0.39 is 5.91 Å². The number of nitrogens with one attached hydrogen (secondary N) is 1. The summed E-state index contributed by atoms with van der Waals surface area (Å²) in [5, 5.41) is 3.90. The van der Waals surface area contributed by atoms with Gasteiger partial charge in [0.15, 0.2) is 0 Å². The normalized spacial score (nSPS) is 16.9. The van der Waals surface area contributed by atoms with Gasteiger partial charge >= 0.3 is 0 Å². The van der Waals surface area contributed by atoms with E-state index in [2.05, 4.69) is 5.32 Å². The Bertz CT molecular complexity index is 886. The second-order valence-corrected chi connectivity index (χ2v) is 7.89. The smallest absolute Gasteiger partial charge is 0.257 e. The first-order chi connectivity index (χ1) is 12.9. The van der Waals surface area contributed by atoms with Gasteiger partial charge in [0, 0.05) is 22.6 Å². The lowest BCUT2D eigenvalue weighted by Crippen LogP contribution is -2.42. The van der Waals surface area contributed by atoms with Crippen LogP contribution in [-0.2, 0) is 0 Å². The molecule has 0 radical (unpaired) electrons. The van der Waals surface area contributed by atoms with Gasteiger partial charge < -0.3 is 10.2 Å². The van der Waals surface area contributed by atoms with Crippen molar-refractivity contribution in [2.24, 2.45) is 0 Å². The highest BCUT2D eigenvalue weighted by molar-refractivity contribution is 6.37. The Hall–Kier alpha value is -1.75. The quantitative estimate of drug-likeness (QED) is 0.664. The predicted molar refractivity (Wildman–Crippen MR) is 110 cm³/mol. The Kier molecular flexibility index (Phi) is 6.30. The number of piperidine rings is 1. The highest BCUT2D eigenvalue weighted by Gasteiger charge is 2.26. The lowest BCUT2D eigenvalue weighted by molar-refractivity contribution is 0.0636. The van der Waals surface area contributed by atoms with Crippen LogP contribution in [0.1, 0.15) is 46.9 Å². The van der Waals surface area contributed by atoms with Crippen molar-refractivity contribution in [2.45, 2.75) is 32.2 Å². The monoisotopic (exact) mass is 424 g/mol. The Labute approximate surface area is 173 Å². The summed E-state index contributed by atoms with van der Waals surface area (Å²) >= 11 is 18.1. The van der Waals surface area contributed by atoms with E-state index in [9.17, 15) is 9.59 Å². The molecule has 142 valence electrons. The minimum absolute atomic E-state index is 0.137. The van der Waals surface area contributed by atoms with Gasteiger partial charge in [-0.3, -0.25) is 9.59 Å². The number of nitrogens with zero attached hydrogens (tertiary/aromatic N) is 1. The van der Waals surface area contributed by atoms with Crippen molar-refractivity contribution in [1.82, 2.24) is 4.90 Å². The van der Waals surface area contributed by atoms with Crippen molar-refractivity contribution >= 4 is 52.3 Å². The average Bonchev–Trinajstić information content (AvgIpc) is 2.63. The summed E-state index contributed by atoms with van der Waals surface area (Å²) in [4.78, 5) is 27.6. The number of amides is 2. The summed E-state index contributed by atoms with van der Waals surface area (Å²) < 4.78 is 0. The molecule has 27 heavy (non-hydrogen) atoms. The molecule has 0 bridgehead atoms. The molecule has 7 heteroatoms. The van der Waals surface area contributed by atoms with E-state index >= 15 is 0 Å². The molecule has 3 rings (SSSR count). The second kappa shape index (κ2) is 8.51. The fourth-order valence-electron chi connectivity index (χ4n) is 3.22. The van der Waals surface area contributed by atoms with Crippen LogP contribution < -0.4 is 5.32 Å². The highest BCUT2D eigenvalue weighted by Crippen LogP contribution is 2.27. The second-order valence-electron chi connectivity index (χ2n) is 6.61. The Morgan fingerprint density at radius 2 is 1.70 bits per heavy atom. The van der Waals surface area contributed by atoms with E-state index in [1.54, 1.807) is 30.3 Å². The third-order valence-electron chi connectivity index (χ3n) is 4.70. The first kappa shape index (κ1) is 20.0. The molecule has 1 fully saturated rings. The zero-order chi connectivity index (χ0) is 19.6. The van der Waals surface area contributed by atoms with Crippen molar-refractivity contribution in [1.29, 1.82) is 0 Å². The van der Waals surface area contributed by atoms with E-state index in [1.807, 2.05) is 11.8 Å². The van der Waals surface area contributed by atoms with E-state index in [0.29, 0.717) is 27.8 Å². The minimum Gasteiger partial charge on any atom is -0.336 e. The molecule has 1 heterocycles. The van der Waals surface area contributed by atoms with Crippen LogP contribution in [0.5, 0.6) is 0 Å². The standard InChI is InChI=1S/C20H19Cl3N2O2/c1-12-4-2-3-9-25(12)20(27)16-10-13(21)6-8-18(16)24-19(26)15-7-5-14(22)11-17(15)23/h5-8,10-12H,2-4,9H2,1H3,(H,24,26). The average molecular weight is 426 g/mol. The molecule has 2 aromatic carbocycles. The lowest BCUT2D eigenvalue weighted by atomic mass is 10.0. The lowest BCUT2D eigenvalue weighted by Gasteiger charge is -2.34. The van der Waals surface area contributed by atoms with Crippen molar-refractivity contribution < 1.29 is 9.59 Å². The number of anilines is 1. The topological polar surface area (TPSA) is 49.4 Å². The first-order valence-electron chi connectivity index (χ1n) is 8.73. The summed E-state index contributed by atoms with van der Waals surface area (Å²) in [5.74, 6) is -0.554. The van der Waals surface area contributed by atoms with Crippen LogP contribution in [0.15, 0.2) is 36.4 Å². The largest absolute Gasteiger partial charge is 0.336 e. The molecular weight excluding hydrogens is 407 g/mol. The van der Waals surface area contributed by atoms with Gasteiger partial charge in [-0.15, -0.1) is 0 Å². The molecule has 1 aliphatic heterocycles. The molecule has 0 spiro atoms. The van der Waals surface area contributed by atoms with Crippen LogP contribution in [0.25, 0.3) is 0 Å². The molecule has 1 aliphatic rings. The van der Waals surface area contributed by atoms with Crippen molar-refractivity contribution in [3.8, 4) is 0 Å². The van der Waals surface area contributed by atoms with Gasteiger partial charge in [-0.25, -0.2) is 0 Å². The molecule has 1 unspecified atom stereocenters. The molecule has 2 amide bonds. The van der Waals surface area contributed by atoms with E-state index in [0.717, 1.165) is 19.3 Å². The van der Waals surface area contributed by atoms with Gasteiger partial charge in [0.05, 0.1) is 21.8 Å². The van der Waals surface area contributed by atoms with Gasteiger partial charge in [0.2, 0.25) is 0 Å². The van der Waals surface area contributed by atoms with Crippen molar-refractivity contribution in [3.63, 3.8) is 0 Å². The number of benzene rings is 2. The molecule has 0 aliphatic carbocycles. The fourth-order valence-corrected chi connectivity index (χ4v) is 3.89. The fraction of sp³-hybridized carbons (Fsp3) is 0.300. The number of rotatable bonds is 3. The molecule has 2 aromatic rings. The van der Waals surface area contributed by atoms with Gasteiger partial charge in [0.25, 0.3) is 11.8 Å². The Balaban J connectivity index is 1.89. The number of hydrogen-bond donors (Lipinski definition) is 1. The maximum absolute atomic E-state index is 13.1. The summed E-state index contributed by atoms with van der Waals surface area (Å²) in [6.45, 7) is 2.73. The minimum atomic E-state index is -0.417. The zero-order valence-electron chi connectivity index (χ0n) is 14.8. The van der Waals surface area contributed by atoms with E-state index in [4.69, 9.17) is 34.8 Å². The highest BCUT2D eigenvalue weighted by atomic mass is 35.5.